The van der Waals surface area contributed by atoms with Crippen LogP contribution in [0.2, 0.25) is 0 Å². The van der Waals surface area contributed by atoms with E-state index in [2.05, 4.69) is 27.6 Å². The van der Waals surface area contributed by atoms with Gasteiger partial charge in [0.15, 0.2) is 0 Å². The minimum Gasteiger partial charge on any atom is -0.495 e. The van der Waals surface area contributed by atoms with Gasteiger partial charge in [0.05, 0.1) is 14.2 Å². The van der Waals surface area contributed by atoms with E-state index in [0.717, 1.165) is 22.4 Å². The number of hydrogen-bond acceptors (Lipinski definition) is 3. The normalized spacial score (nSPS) is 9.12. The number of methoxy groups -OCH3 is 3. The number of aryl methyl sites for hydroxylation is 1. The average molecular weight is 291 g/mol. The second-order valence-electron chi connectivity index (χ2n) is 3.04. The minimum absolute atomic E-state index is 0.800. The van der Waals surface area contributed by atoms with Gasteiger partial charge in [0, 0.05) is 14.2 Å². The highest BCUT2D eigenvalue weighted by Gasteiger charge is 2.10. The Labute approximate surface area is 106 Å². The molecule has 0 bridgehead atoms. The van der Waals surface area contributed by atoms with E-state index in [4.69, 9.17) is 9.47 Å². The number of halogens is 1. The monoisotopic (exact) mass is 290 g/mol. The van der Waals surface area contributed by atoms with Crippen LogP contribution in [0, 0.1) is 0 Å². The summed E-state index contributed by atoms with van der Waals surface area (Å²) in [5, 5.41) is 0. The lowest BCUT2D eigenvalue weighted by Gasteiger charge is -2.11. The number of hydrogen-bond donors (Lipinski definition) is 0. The summed E-state index contributed by atoms with van der Waals surface area (Å²) in [5.41, 5.74) is 1.18. The highest BCUT2D eigenvalue weighted by molar-refractivity contribution is 9.10. The van der Waals surface area contributed by atoms with Gasteiger partial charge in [-0.2, -0.15) is 0 Å². The SMILES string of the molecule is CCc1ccc(OC)c(Br)c1OC.COC. The molecule has 0 saturated carbocycles. The van der Waals surface area contributed by atoms with E-state index in [9.17, 15) is 0 Å². The van der Waals surface area contributed by atoms with Gasteiger partial charge in [-0.15, -0.1) is 0 Å². The fourth-order valence-corrected chi connectivity index (χ4v) is 1.95. The summed E-state index contributed by atoms with van der Waals surface area (Å²) < 4.78 is 15.6. The molecule has 0 unspecified atom stereocenters. The van der Waals surface area contributed by atoms with Crippen LogP contribution >= 0.6 is 15.9 Å². The minimum atomic E-state index is 0.800. The molecule has 0 spiro atoms. The largest absolute Gasteiger partial charge is 0.495 e. The third kappa shape index (κ3) is 4.02. The first kappa shape index (κ1) is 15.3. The second-order valence-corrected chi connectivity index (χ2v) is 3.83. The Bertz CT molecular complexity index is 313. The molecule has 0 aliphatic rings. The van der Waals surface area contributed by atoms with Crippen LogP contribution in [0.4, 0.5) is 0 Å². The Morgan fingerprint density at radius 1 is 1.06 bits per heavy atom. The van der Waals surface area contributed by atoms with Crippen LogP contribution in [0.1, 0.15) is 12.5 Å². The summed E-state index contributed by atoms with van der Waals surface area (Å²) in [6, 6.07) is 3.95. The molecule has 0 heterocycles. The van der Waals surface area contributed by atoms with Crippen molar-refractivity contribution in [2.75, 3.05) is 28.4 Å². The standard InChI is InChI=1S/C10H13BrO2.C2H6O/c1-4-7-5-6-8(12-2)9(11)10(7)13-3;1-3-2/h5-6H,4H2,1-3H3;1-2H3. The maximum absolute atomic E-state index is 5.28. The first-order chi connectivity index (χ1) is 7.65. The molecule has 1 rings (SSSR count). The van der Waals surface area contributed by atoms with Crippen molar-refractivity contribution in [2.45, 2.75) is 13.3 Å². The van der Waals surface area contributed by atoms with Crippen molar-refractivity contribution in [1.29, 1.82) is 0 Å². The van der Waals surface area contributed by atoms with Crippen LogP contribution in [-0.4, -0.2) is 28.4 Å². The molecule has 92 valence electrons. The molecule has 0 saturated heterocycles. The zero-order valence-electron chi connectivity index (χ0n) is 10.5. The number of ether oxygens (including phenoxy) is 3. The zero-order valence-corrected chi connectivity index (χ0v) is 12.1. The van der Waals surface area contributed by atoms with Crippen LogP contribution in [0.25, 0.3) is 0 Å². The predicted octanol–water partition coefficient (Wildman–Crippen LogP) is 3.29. The average Bonchev–Trinajstić information content (AvgIpc) is 2.29. The van der Waals surface area contributed by atoms with Gasteiger partial charge in [0.1, 0.15) is 16.0 Å². The molecule has 1 aromatic carbocycles. The molecule has 0 atom stereocenters. The van der Waals surface area contributed by atoms with Crippen molar-refractivity contribution in [3.63, 3.8) is 0 Å². The third-order valence-corrected chi connectivity index (χ3v) is 2.70. The molecule has 0 aromatic heterocycles. The molecule has 0 aliphatic carbocycles. The summed E-state index contributed by atoms with van der Waals surface area (Å²) in [7, 11) is 6.56. The lowest BCUT2D eigenvalue weighted by atomic mass is 10.1. The fraction of sp³-hybridized carbons (Fsp3) is 0.500. The van der Waals surface area contributed by atoms with E-state index in [1.54, 1.807) is 28.4 Å². The molecule has 4 heteroatoms. The molecule has 0 radical (unpaired) electrons. The summed E-state index contributed by atoms with van der Waals surface area (Å²) in [4.78, 5) is 0. The van der Waals surface area contributed by atoms with Crippen molar-refractivity contribution in [1.82, 2.24) is 0 Å². The van der Waals surface area contributed by atoms with Crippen LogP contribution in [0.5, 0.6) is 11.5 Å². The molecule has 3 nitrogen and oxygen atoms in total. The van der Waals surface area contributed by atoms with Gasteiger partial charge < -0.3 is 14.2 Å². The Morgan fingerprint density at radius 2 is 1.62 bits per heavy atom. The number of benzene rings is 1. The summed E-state index contributed by atoms with van der Waals surface area (Å²) in [5.74, 6) is 1.66. The van der Waals surface area contributed by atoms with E-state index in [1.807, 2.05) is 12.1 Å². The first-order valence-electron chi connectivity index (χ1n) is 4.95. The lowest BCUT2D eigenvalue weighted by molar-refractivity contribution is 0.277. The molecule has 0 fully saturated rings. The van der Waals surface area contributed by atoms with Crippen molar-refractivity contribution in [3.8, 4) is 11.5 Å². The van der Waals surface area contributed by atoms with Crippen molar-refractivity contribution in [3.05, 3.63) is 22.2 Å². The molecular weight excluding hydrogens is 272 g/mol. The molecule has 0 amide bonds. The highest BCUT2D eigenvalue weighted by atomic mass is 79.9. The molecule has 1 aromatic rings. The summed E-state index contributed by atoms with van der Waals surface area (Å²) in [6.45, 7) is 2.09. The van der Waals surface area contributed by atoms with E-state index in [1.165, 1.54) is 5.56 Å². The number of rotatable bonds is 3. The van der Waals surface area contributed by atoms with Gasteiger partial charge in [0.2, 0.25) is 0 Å². The van der Waals surface area contributed by atoms with E-state index in [0.29, 0.717) is 0 Å². The maximum Gasteiger partial charge on any atom is 0.139 e. The Hall–Kier alpha value is -0.740. The summed E-state index contributed by atoms with van der Waals surface area (Å²) in [6.07, 6.45) is 0.950. The predicted molar refractivity (Wildman–Crippen MR) is 69.6 cm³/mol. The van der Waals surface area contributed by atoms with Gasteiger partial charge in [-0.3, -0.25) is 0 Å². The molecular formula is C12H19BrO3. The highest BCUT2D eigenvalue weighted by Crippen LogP contribution is 2.37. The van der Waals surface area contributed by atoms with E-state index in [-0.39, 0.29) is 0 Å². The van der Waals surface area contributed by atoms with Crippen LogP contribution in [0.15, 0.2) is 16.6 Å². The molecule has 0 aliphatic heterocycles. The van der Waals surface area contributed by atoms with Gasteiger partial charge in [-0.05, 0) is 34.0 Å². The van der Waals surface area contributed by atoms with Crippen LogP contribution in [-0.2, 0) is 11.2 Å². The molecule has 16 heavy (non-hydrogen) atoms. The first-order valence-corrected chi connectivity index (χ1v) is 5.74. The van der Waals surface area contributed by atoms with Crippen molar-refractivity contribution < 1.29 is 14.2 Å². The van der Waals surface area contributed by atoms with Crippen molar-refractivity contribution >= 4 is 15.9 Å². The third-order valence-electron chi connectivity index (χ3n) is 1.95. The smallest absolute Gasteiger partial charge is 0.139 e. The van der Waals surface area contributed by atoms with Gasteiger partial charge in [-0.1, -0.05) is 13.0 Å². The Kier molecular flexibility index (Phi) is 8.03. The Morgan fingerprint density at radius 3 is 2.00 bits per heavy atom. The quantitative estimate of drug-likeness (QED) is 0.855. The van der Waals surface area contributed by atoms with Crippen LogP contribution in [0.3, 0.4) is 0 Å². The van der Waals surface area contributed by atoms with Gasteiger partial charge >= 0.3 is 0 Å². The maximum atomic E-state index is 5.28. The molecule has 0 N–H and O–H groups in total. The van der Waals surface area contributed by atoms with Gasteiger partial charge in [0.25, 0.3) is 0 Å². The second kappa shape index (κ2) is 8.42. The van der Waals surface area contributed by atoms with Crippen molar-refractivity contribution in [2.24, 2.45) is 0 Å². The zero-order chi connectivity index (χ0) is 12.6. The lowest BCUT2D eigenvalue weighted by Crippen LogP contribution is -1.94. The van der Waals surface area contributed by atoms with E-state index < -0.39 is 0 Å². The topological polar surface area (TPSA) is 27.7 Å². The Balaban J connectivity index is 0.000000673. The van der Waals surface area contributed by atoms with E-state index >= 15 is 0 Å². The van der Waals surface area contributed by atoms with Crippen LogP contribution < -0.4 is 9.47 Å². The fourth-order valence-electron chi connectivity index (χ4n) is 1.23. The van der Waals surface area contributed by atoms with Gasteiger partial charge in [-0.25, -0.2) is 0 Å². The summed E-state index contributed by atoms with van der Waals surface area (Å²) >= 11 is 3.44.